The molecule has 0 bridgehead atoms. The van der Waals surface area contributed by atoms with Gasteiger partial charge in [0.25, 0.3) is 0 Å². The molecule has 3 atom stereocenters. The lowest BCUT2D eigenvalue weighted by atomic mass is 9.78. The van der Waals surface area contributed by atoms with Gasteiger partial charge in [-0.1, -0.05) is 26.7 Å². The van der Waals surface area contributed by atoms with Gasteiger partial charge in [0, 0.05) is 43.7 Å². The molecule has 3 heteroatoms. The van der Waals surface area contributed by atoms with Crippen LogP contribution in [0.25, 0.3) is 0 Å². The SMILES string of the molecule is CC1CCCC(NCCN2CCSCC2)C1C. The maximum absolute atomic E-state index is 3.80. The molecule has 17 heavy (non-hydrogen) atoms. The van der Waals surface area contributed by atoms with Crippen LogP contribution in [0.3, 0.4) is 0 Å². The smallest absolute Gasteiger partial charge is 0.0108 e. The van der Waals surface area contributed by atoms with Crippen LogP contribution in [0.15, 0.2) is 0 Å². The number of rotatable bonds is 4. The van der Waals surface area contributed by atoms with Crippen LogP contribution in [-0.2, 0) is 0 Å². The lowest BCUT2D eigenvalue weighted by molar-refractivity contribution is 0.198. The summed E-state index contributed by atoms with van der Waals surface area (Å²) in [6.45, 7) is 9.87. The fraction of sp³-hybridized carbons (Fsp3) is 1.00. The van der Waals surface area contributed by atoms with Crippen molar-refractivity contribution >= 4 is 11.8 Å². The maximum Gasteiger partial charge on any atom is 0.0108 e. The Kier molecular flexibility index (Phi) is 5.64. The van der Waals surface area contributed by atoms with E-state index in [1.54, 1.807) is 0 Å². The summed E-state index contributed by atoms with van der Waals surface area (Å²) in [7, 11) is 0. The topological polar surface area (TPSA) is 15.3 Å². The lowest BCUT2D eigenvalue weighted by Crippen LogP contribution is -2.45. The molecule has 0 aromatic rings. The monoisotopic (exact) mass is 256 g/mol. The highest BCUT2D eigenvalue weighted by Crippen LogP contribution is 2.29. The van der Waals surface area contributed by atoms with E-state index < -0.39 is 0 Å². The van der Waals surface area contributed by atoms with Crippen LogP contribution in [0.5, 0.6) is 0 Å². The molecule has 2 nitrogen and oxygen atoms in total. The second kappa shape index (κ2) is 7.01. The predicted molar refractivity (Wildman–Crippen MR) is 77.7 cm³/mol. The van der Waals surface area contributed by atoms with Gasteiger partial charge in [-0.15, -0.1) is 0 Å². The molecule has 0 aromatic carbocycles. The van der Waals surface area contributed by atoms with Gasteiger partial charge in [0.2, 0.25) is 0 Å². The van der Waals surface area contributed by atoms with Crippen LogP contribution in [0, 0.1) is 11.8 Å². The minimum atomic E-state index is 0.776. The summed E-state index contributed by atoms with van der Waals surface area (Å²) in [6.07, 6.45) is 4.24. The Hall–Kier alpha value is 0.270. The van der Waals surface area contributed by atoms with E-state index in [0.717, 1.165) is 17.9 Å². The van der Waals surface area contributed by atoms with Crippen LogP contribution in [0.4, 0.5) is 0 Å². The summed E-state index contributed by atoms with van der Waals surface area (Å²) in [6, 6.07) is 0.776. The van der Waals surface area contributed by atoms with Crippen LogP contribution in [-0.4, -0.2) is 48.6 Å². The van der Waals surface area contributed by atoms with Gasteiger partial charge in [-0.05, 0) is 18.3 Å². The Labute approximate surface area is 111 Å². The van der Waals surface area contributed by atoms with E-state index >= 15 is 0 Å². The maximum atomic E-state index is 3.80. The zero-order valence-electron chi connectivity index (χ0n) is 11.5. The first-order chi connectivity index (χ1) is 8.27. The Morgan fingerprint density at radius 1 is 1.18 bits per heavy atom. The molecule has 0 aromatic heterocycles. The molecule has 2 aliphatic rings. The van der Waals surface area contributed by atoms with Gasteiger partial charge in [0.05, 0.1) is 0 Å². The second-order valence-corrected chi connectivity index (χ2v) is 7.01. The van der Waals surface area contributed by atoms with E-state index in [9.17, 15) is 0 Å². The Balaban J connectivity index is 1.63. The molecule has 0 amide bonds. The standard InChI is InChI=1S/C14H28N2S/c1-12-4-3-5-14(13(12)2)15-6-7-16-8-10-17-11-9-16/h12-15H,3-11H2,1-2H3. The molecule has 1 aliphatic heterocycles. The molecule has 1 saturated carbocycles. The predicted octanol–water partition coefficient (Wildman–Crippen LogP) is 2.45. The summed E-state index contributed by atoms with van der Waals surface area (Å²) >= 11 is 2.10. The van der Waals surface area contributed by atoms with E-state index in [1.807, 2.05) is 0 Å². The number of thioether (sulfide) groups is 1. The van der Waals surface area contributed by atoms with Crippen molar-refractivity contribution in [2.75, 3.05) is 37.7 Å². The third kappa shape index (κ3) is 4.15. The third-order valence-electron chi connectivity index (χ3n) is 4.65. The molecule has 100 valence electrons. The molecule has 3 unspecified atom stereocenters. The molecule has 2 rings (SSSR count). The molecule has 1 N–H and O–H groups in total. The highest BCUT2D eigenvalue weighted by atomic mass is 32.2. The molecule has 0 spiro atoms. The van der Waals surface area contributed by atoms with Gasteiger partial charge >= 0.3 is 0 Å². The van der Waals surface area contributed by atoms with Crippen molar-refractivity contribution in [3.63, 3.8) is 0 Å². The average molecular weight is 256 g/mol. The molecule has 1 aliphatic carbocycles. The summed E-state index contributed by atoms with van der Waals surface area (Å²) in [5.41, 5.74) is 0. The van der Waals surface area contributed by atoms with Crippen LogP contribution < -0.4 is 5.32 Å². The largest absolute Gasteiger partial charge is 0.312 e. The molecule has 1 heterocycles. The Bertz CT molecular complexity index is 216. The van der Waals surface area contributed by atoms with Crippen LogP contribution in [0.2, 0.25) is 0 Å². The van der Waals surface area contributed by atoms with Gasteiger partial charge in [0.15, 0.2) is 0 Å². The molecule has 1 saturated heterocycles. The van der Waals surface area contributed by atoms with Crippen molar-refractivity contribution in [2.24, 2.45) is 11.8 Å². The van der Waals surface area contributed by atoms with Gasteiger partial charge < -0.3 is 10.2 Å². The van der Waals surface area contributed by atoms with E-state index in [0.29, 0.717) is 0 Å². The van der Waals surface area contributed by atoms with Gasteiger partial charge in [0.1, 0.15) is 0 Å². The zero-order valence-corrected chi connectivity index (χ0v) is 12.3. The lowest BCUT2D eigenvalue weighted by Gasteiger charge is -2.35. The summed E-state index contributed by atoms with van der Waals surface area (Å²) < 4.78 is 0. The summed E-state index contributed by atoms with van der Waals surface area (Å²) in [5, 5.41) is 3.80. The fourth-order valence-corrected chi connectivity index (χ4v) is 4.08. The van der Waals surface area contributed by atoms with E-state index in [2.05, 4.69) is 35.8 Å². The summed E-state index contributed by atoms with van der Waals surface area (Å²) in [5.74, 6) is 4.43. The highest BCUT2D eigenvalue weighted by Gasteiger charge is 2.26. The number of nitrogens with one attached hydrogen (secondary N) is 1. The second-order valence-electron chi connectivity index (χ2n) is 5.78. The first-order valence-electron chi connectivity index (χ1n) is 7.31. The van der Waals surface area contributed by atoms with Gasteiger partial charge in [-0.25, -0.2) is 0 Å². The fourth-order valence-electron chi connectivity index (χ4n) is 3.10. The normalized spacial score (nSPS) is 36.0. The highest BCUT2D eigenvalue weighted by molar-refractivity contribution is 7.99. The van der Waals surface area contributed by atoms with E-state index in [-0.39, 0.29) is 0 Å². The summed E-state index contributed by atoms with van der Waals surface area (Å²) in [4.78, 5) is 2.61. The van der Waals surface area contributed by atoms with E-state index in [1.165, 1.54) is 56.9 Å². The molecule has 0 radical (unpaired) electrons. The molecule has 2 fully saturated rings. The third-order valence-corrected chi connectivity index (χ3v) is 5.59. The van der Waals surface area contributed by atoms with Crippen molar-refractivity contribution in [1.29, 1.82) is 0 Å². The minimum absolute atomic E-state index is 0.776. The Morgan fingerprint density at radius 2 is 1.94 bits per heavy atom. The van der Waals surface area contributed by atoms with Crippen molar-refractivity contribution in [1.82, 2.24) is 10.2 Å². The van der Waals surface area contributed by atoms with Gasteiger partial charge in [-0.2, -0.15) is 11.8 Å². The quantitative estimate of drug-likeness (QED) is 0.832. The van der Waals surface area contributed by atoms with Crippen molar-refractivity contribution in [3.05, 3.63) is 0 Å². The number of hydrogen-bond acceptors (Lipinski definition) is 3. The van der Waals surface area contributed by atoms with Crippen molar-refractivity contribution < 1.29 is 0 Å². The van der Waals surface area contributed by atoms with E-state index in [4.69, 9.17) is 0 Å². The number of nitrogens with zero attached hydrogens (tertiary/aromatic N) is 1. The zero-order chi connectivity index (χ0) is 12.1. The van der Waals surface area contributed by atoms with Crippen molar-refractivity contribution in [3.8, 4) is 0 Å². The average Bonchev–Trinajstić information content (AvgIpc) is 2.36. The molecular formula is C14H28N2S. The molecular weight excluding hydrogens is 228 g/mol. The van der Waals surface area contributed by atoms with Crippen LogP contribution in [0.1, 0.15) is 33.1 Å². The Morgan fingerprint density at radius 3 is 2.71 bits per heavy atom. The minimum Gasteiger partial charge on any atom is -0.312 e. The first-order valence-corrected chi connectivity index (χ1v) is 8.46. The van der Waals surface area contributed by atoms with Crippen LogP contribution >= 0.6 is 11.8 Å². The van der Waals surface area contributed by atoms with Crippen molar-refractivity contribution in [2.45, 2.75) is 39.2 Å². The number of hydrogen-bond donors (Lipinski definition) is 1. The first kappa shape index (κ1) is 13.7. The van der Waals surface area contributed by atoms with Gasteiger partial charge in [-0.3, -0.25) is 0 Å².